The highest BCUT2D eigenvalue weighted by Crippen LogP contribution is 2.27. The minimum Gasteiger partial charge on any atom is -0.267 e. The molecule has 1 aliphatic rings. The maximum Gasteiger partial charge on any atom is 0.278 e. The van der Waals surface area contributed by atoms with Gasteiger partial charge in [-0.25, -0.2) is 8.42 Å². The summed E-state index contributed by atoms with van der Waals surface area (Å²) in [5, 5.41) is 4.24. The monoisotopic (exact) mass is 361 g/mol. The van der Waals surface area contributed by atoms with Crippen LogP contribution in [0.1, 0.15) is 45.7 Å². The summed E-state index contributed by atoms with van der Waals surface area (Å²) < 4.78 is 28.5. The number of sulfonamides is 1. The van der Waals surface area contributed by atoms with E-state index in [9.17, 15) is 13.2 Å². The molecule has 2 aromatic rings. The molecule has 134 valence electrons. The molecule has 7 heteroatoms. The number of nitrogens with zero attached hydrogens (tertiary/aromatic N) is 3. The van der Waals surface area contributed by atoms with Gasteiger partial charge in [0.25, 0.3) is 5.91 Å². The minimum atomic E-state index is -3.61. The molecule has 1 fully saturated rings. The summed E-state index contributed by atoms with van der Waals surface area (Å²) in [6.07, 6.45) is 1.74. The molecule has 0 amide bonds. The van der Waals surface area contributed by atoms with Crippen LogP contribution in [0.2, 0.25) is 0 Å². The standard InChI is InChI=1S/C18H23N3O3S/c1-12-9-13(2)11-16(10-12)18(22)21-15(4)17(14(3)19-21)25(23,24)20-7-5-6-8-20/h9-11H,5-8H2,1-4H3. The molecule has 0 bridgehead atoms. The molecule has 0 N–H and O–H groups in total. The molecule has 1 aromatic carbocycles. The van der Waals surface area contributed by atoms with Crippen molar-refractivity contribution in [2.45, 2.75) is 45.4 Å². The highest BCUT2D eigenvalue weighted by Gasteiger charge is 2.33. The molecule has 3 rings (SSSR count). The zero-order valence-electron chi connectivity index (χ0n) is 15.0. The van der Waals surface area contributed by atoms with Gasteiger partial charge in [0.2, 0.25) is 10.0 Å². The lowest BCUT2D eigenvalue weighted by molar-refractivity contribution is 0.0942. The topological polar surface area (TPSA) is 72.3 Å². The number of hydrogen-bond donors (Lipinski definition) is 0. The molecule has 1 saturated heterocycles. The van der Waals surface area contributed by atoms with Gasteiger partial charge in [0, 0.05) is 18.7 Å². The average Bonchev–Trinajstić information content (AvgIpc) is 3.14. The normalized spacial score (nSPS) is 15.7. The Balaban J connectivity index is 2.06. The lowest BCUT2D eigenvalue weighted by atomic mass is 10.1. The van der Waals surface area contributed by atoms with Crippen molar-refractivity contribution in [3.05, 3.63) is 46.3 Å². The van der Waals surface area contributed by atoms with Crippen molar-refractivity contribution in [1.29, 1.82) is 0 Å². The van der Waals surface area contributed by atoms with Crippen LogP contribution in [-0.2, 0) is 10.0 Å². The summed E-state index contributed by atoms with van der Waals surface area (Å²) in [6.45, 7) is 8.18. The summed E-state index contributed by atoms with van der Waals surface area (Å²) in [4.78, 5) is 13.0. The van der Waals surface area contributed by atoms with Gasteiger partial charge in [-0.1, -0.05) is 17.2 Å². The Morgan fingerprint density at radius 1 is 1.00 bits per heavy atom. The van der Waals surface area contributed by atoms with Crippen molar-refractivity contribution in [3.8, 4) is 0 Å². The lowest BCUT2D eigenvalue weighted by Gasteiger charge is -2.15. The highest BCUT2D eigenvalue weighted by molar-refractivity contribution is 7.89. The first-order chi connectivity index (χ1) is 11.7. The van der Waals surface area contributed by atoms with Gasteiger partial charge in [0.1, 0.15) is 4.90 Å². The first-order valence-corrected chi connectivity index (χ1v) is 9.85. The van der Waals surface area contributed by atoms with Crippen molar-refractivity contribution in [3.63, 3.8) is 0 Å². The molecule has 0 atom stereocenters. The van der Waals surface area contributed by atoms with Gasteiger partial charge in [-0.15, -0.1) is 0 Å². The zero-order chi connectivity index (χ0) is 18.4. The third-order valence-corrected chi connectivity index (χ3v) is 6.70. The second-order valence-corrected chi connectivity index (χ2v) is 8.58. The summed E-state index contributed by atoms with van der Waals surface area (Å²) in [6, 6.07) is 5.57. The second-order valence-electron chi connectivity index (χ2n) is 6.70. The summed E-state index contributed by atoms with van der Waals surface area (Å²) >= 11 is 0. The Morgan fingerprint density at radius 3 is 2.12 bits per heavy atom. The Labute approximate surface area is 148 Å². The number of aromatic nitrogens is 2. The van der Waals surface area contributed by atoms with Crippen LogP contribution in [0.3, 0.4) is 0 Å². The van der Waals surface area contributed by atoms with E-state index in [0.717, 1.165) is 24.0 Å². The Morgan fingerprint density at radius 2 is 1.56 bits per heavy atom. The number of carbonyl (C=O) groups excluding carboxylic acids is 1. The summed E-state index contributed by atoms with van der Waals surface area (Å²) in [5.41, 5.74) is 3.20. The molecular formula is C18H23N3O3S. The quantitative estimate of drug-likeness (QED) is 0.842. The van der Waals surface area contributed by atoms with Crippen LogP contribution >= 0.6 is 0 Å². The first kappa shape index (κ1) is 17.8. The average molecular weight is 361 g/mol. The number of hydrogen-bond acceptors (Lipinski definition) is 4. The Kier molecular flexibility index (Phi) is 4.55. The van der Waals surface area contributed by atoms with Crippen LogP contribution in [0.15, 0.2) is 23.1 Å². The SMILES string of the molecule is Cc1cc(C)cc(C(=O)n2nc(C)c(S(=O)(=O)N3CCCC3)c2C)c1. The van der Waals surface area contributed by atoms with Gasteiger partial charge in [-0.2, -0.15) is 14.1 Å². The zero-order valence-corrected chi connectivity index (χ0v) is 15.9. The molecular weight excluding hydrogens is 338 g/mol. The fraction of sp³-hybridized carbons (Fsp3) is 0.444. The number of benzene rings is 1. The maximum absolute atomic E-state index is 12.9. The maximum atomic E-state index is 12.9. The molecule has 0 radical (unpaired) electrons. The fourth-order valence-electron chi connectivity index (χ4n) is 3.48. The van der Waals surface area contributed by atoms with Gasteiger partial charge in [-0.3, -0.25) is 4.79 Å². The van der Waals surface area contributed by atoms with Crippen molar-refractivity contribution < 1.29 is 13.2 Å². The predicted octanol–water partition coefficient (Wildman–Crippen LogP) is 2.59. The highest BCUT2D eigenvalue weighted by atomic mass is 32.2. The van der Waals surface area contributed by atoms with E-state index >= 15 is 0 Å². The van der Waals surface area contributed by atoms with Gasteiger partial charge in [0.15, 0.2) is 0 Å². The van der Waals surface area contributed by atoms with E-state index in [1.165, 1.54) is 8.99 Å². The van der Waals surface area contributed by atoms with Crippen molar-refractivity contribution in [1.82, 2.24) is 14.1 Å². The van der Waals surface area contributed by atoms with E-state index in [4.69, 9.17) is 0 Å². The van der Waals surface area contributed by atoms with Gasteiger partial charge in [-0.05, 0) is 52.7 Å². The third kappa shape index (κ3) is 3.14. The van der Waals surface area contributed by atoms with Gasteiger partial charge in [0.05, 0.1) is 11.4 Å². The van der Waals surface area contributed by atoms with Crippen molar-refractivity contribution >= 4 is 15.9 Å². The minimum absolute atomic E-state index is 0.159. The fourth-order valence-corrected chi connectivity index (χ4v) is 5.35. The molecule has 6 nitrogen and oxygen atoms in total. The lowest BCUT2D eigenvalue weighted by Crippen LogP contribution is -2.29. The number of rotatable bonds is 3. The smallest absolute Gasteiger partial charge is 0.267 e. The molecule has 0 unspecified atom stereocenters. The Bertz CT molecular complexity index is 918. The largest absolute Gasteiger partial charge is 0.278 e. The van der Waals surface area contributed by atoms with E-state index in [0.29, 0.717) is 30.0 Å². The second kappa shape index (κ2) is 6.38. The predicted molar refractivity (Wildman–Crippen MR) is 95.3 cm³/mol. The van der Waals surface area contributed by atoms with Crippen LogP contribution in [0.4, 0.5) is 0 Å². The molecule has 0 saturated carbocycles. The van der Waals surface area contributed by atoms with E-state index in [1.54, 1.807) is 26.0 Å². The number of aryl methyl sites for hydroxylation is 3. The van der Waals surface area contributed by atoms with Crippen LogP contribution in [0.5, 0.6) is 0 Å². The molecule has 1 aliphatic heterocycles. The van der Waals surface area contributed by atoms with Crippen LogP contribution in [0, 0.1) is 27.7 Å². The molecule has 0 spiro atoms. The summed E-state index contributed by atoms with van der Waals surface area (Å²) in [5.74, 6) is -0.310. The Hall–Kier alpha value is -1.99. The molecule has 2 heterocycles. The molecule has 0 aliphatic carbocycles. The number of carbonyl (C=O) groups is 1. The summed E-state index contributed by atoms with van der Waals surface area (Å²) in [7, 11) is -3.61. The van der Waals surface area contributed by atoms with E-state index in [-0.39, 0.29) is 10.8 Å². The van der Waals surface area contributed by atoms with Gasteiger partial charge < -0.3 is 0 Å². The van der Waals surface area contributed by atoms with Crippen LogP contribution < -0.4 is 0 Å². The molecule has 25 heavy (non-hydrogen) atoms. The van der Waals surface area contributed by atoms with Crippen molar-refractivity contribution in [2.24, 2.45) is 0 Å². The van der Waals surface area contributed by atoms with Crippen LogP contribution in [0.25, 0.3) is 0 Å². The van der Waals surface area contributed by atoms with Crippen molar-refractivity contribution in [2.75, 3.05) is 13.1 Å². The van der Waals surface area contributed by atoms with E-state index in [1.807, 2.05) is 19.9 Å². The van der Waals surface area contributed by atoms with E-state index < -0.39 is 10.0 Å². The van der Waals surface area contributed by atoms with Gasteiger partial charge >= 0.3 is 0 Å². The van der Waals surface area contributed by atoms with Crippen LogP contribution in [-0.4, -0.2) is 41.5 Å². The molecule has 1 aromatic heterocycles. The van der Waals surface area contributed by atoms with E-state index in [2.05, 4.69) is 5.10 Å². The first-order valence-electron chi connectivity index (χ1n) is 8.41. The third-order valence-electron chi connectivity index (χ3n) is 4.55.